The van der Waals surface area contributed by atoms with Crippen molar-refractivity contribution in [2.24, 2.45) is 0 Å². The number of aliphatic hydroxyl groups is 17. The lowest BCUT2D eigenvalue weighted by atomic mass is 9.90. The van der Waals surface area contributed by atoms with Gasteiger partial charge in [0.1, 0.15) is 122 Å². The topological polar surface area (TPSA) is 532 Å². The highest BCUT2D eigenvalue weighted by atomic mass is 16.8. The molecule has 27 atom stereocenters. The number of rotatable bonds is 23. The number of ether oxygens (including phenoxy) is 10. The quantitative estimate of drug-likeness (QED) is 0.0423. The van der Waals surface area contributed by atoms with Crippen molar-refractivity contribution in [3.63, 3.8) is 0 Å². The molecule has 0 aromatic heterocycles. The molecule has 0 aromatic rings. The highest BCUT2D eigenvalue weighted by Crippen LogP contribution is 2.38. The third kappa shape index (κ3) is 13.3. The fourth-order valence-corrected chi connectivity index (χ4v) is 8.58. The summed E-state index contributed by atoms with van der Waals surface area (Å²) < 4.78 is 56.6. The Hall–Kier alpha value is -2.67. The second-order valence-corrected chi connectivity index (χ2v) is 17.6. The van der Waals surface area contributed by atoms with E-state index >= 15 is 0 Å². The first-order chi connectivity index (χ1) is 34.0. The fraction of sp³-hybridized carbons (Fsp3) is 0.923. The summed E-state index contributed by atoms with van der Waals surface area (Å²) in [6, 6.07) is -2.85. The summed E-state index contributed by atoms with van der Waals surface area (Å²) in [6.07, 6.45) is -49.1. The standard InChI is InChI=1S/C39H66N2O31/c1-11(48)41-19-32(71-36-27(58)24(55)22(53)15(5-44)65-36)23(54)18(9-64-39(38(61)62)2-13(49)20(51)33(72-39)21(52)14(50)4-43)68-34(19)69-30-17(7-46)67-37(29(60)26(30)57)70-31-16(6-45)66-35(28(59)25(31)56)63-8-12(3-42)40-10-47/h10,12-37,42-46,49-60H,2-9H2,1H3,(H,40,47)(H,41,48)(H,61,62)/t12-,13+,14-,15-,16-,17-,18-,19-,20-,21-,22+,23+,24+,25-,26-,27-,28-,29-,30+,31-,32-,33-,34+,35-,36+,37+,39-/m1/s1. The number of nitrogens with one attached hydrogen (secondary N) is 2. The molecule has 72 heavy (non-hydrogen) atoms. The SMILES string of the molecule is CC(=O)N[C@H]1[C@H](O[C@@H]2[C@H](O)[C@@H](O)[C@H](O[C@H]3[C@H](O)[C@@H](O)[C@H](OC[C@@H](CO)NC=O)O[C@@H]3CO)O[C@@H]2CO)O[C@H](CO[C@]2(C(=O)O)C[C@H](O)[C@@H](O)[C@H]([C@H](O)[C@H](O)CO)O2)[C@H](O)[C@@H]1O[C@@H]1O[C@H](CO)[C@H](O)[C@H](O)[C@H]1O. The van der Waals surface area contributed by atoms with Gasteiger partial charge < -0.3 is 150 Å². The number of carboxylic acid groups (broad SMARTS) is 1. The molecule has 5 saturated heterocycles. The van der Waals surface area contributed by atoms with Crippen molar-refractivity contribution in [1.82, 2.24) is 10.6 Å². The summed E-state index contributed by atoms with van der Waals surface area (Å²) >= 11 is 0. The lowest BCUT2D eigenvalue weighted by molar-refractivity contribution is -0.383. The van der Waals surface area contributed by atoms with Crippen LogP contribution in [0.3, 0.4) is 0 Å². The number of aliphatic carboxylic acids is 1. The third-order valence-electron chi connectivity index (χ3n) is 12.7. The predicted molar refractivity (Wildman–Crippen MR) is 219 cm³/mol. The average Bonchev–Trinajstić information content (AvgIpc) is 3.35. The van der Waals surface area contributed by atoms with Gasteiger partial charge in [-0.15, -0.1) is 0 Å². The molecule has 5 aliphatic rings. The molecule has 5 rings (SSSR count). The Morgan fingerprint density at radius 1 is 0.639 bits per heavy atom. The molecule has 0 unspecified atom stereocenters. The van der Waals surface area contributed by atoms with E-state index in [9.17, 15) is 106 Å². The third-order valence-corrected chi connectivity index (χ3v) is 12.7. The van der Waals surface area contributed by atoms with Crippen LogP contribution in [0.15, 0.2) is 0 Å². The van der Waals surface area contributed by atoms with Crippen LogP contribution in [0.5, 0.6) is 0 Å². The summed E-state index contributed by atoms with van der Waals surface area (Å²) in [5, 5.41) is 195. The molecule has 2 amide bonds. The van der Waals surface area contributed by atoms with Gasteiger partial charge in [0, 0.05) is 13.3 Å². The van der Waals surface area contributed by atoms with Crippen molar-refractivity contribution in [1.29, 1.82) is 0 Å². The molecular weight excluding hydrogens is 992 g/mol. The lowest BCUT2D eigenvalue weighted by Crippen LogP contribution is -2.70. The normalized spacial score (nSPS) is 45.1. The first-order valence-electron chi connectivity index (χ1n) is 22.5. The van der Waals surface area contributed by atoms with Crippen LogP contribution in [-0.2, 0) is 61.8 Å². The molecule has 33 heteroatoms. The van der Waals surface area contributed by atoms with E-state index in [4.69, 9.17) is 47.4 Å². The smallest absolute Gasteiger partial charge is 0.364 e. The van der Waals surface area contributed by atoms with E-state index in [0.717, 1.165) is 6.92 Å². The van der Waals surface area contributed by atoms with Crippen molar-refractivity contribution < 1.29 is 154 Å². The highest BCUT2D eigenvalue weighted by molar-refractivity contribution is 5.76. The minimum absolute atomic E-state index is 0.266. The van der Waals surface area contributed by atoms with Gasteiger partial charge in [-0.1, -0.05) is 0 Å². The maximum absolute atomic E-state index is 12.8. The van der Waals surface area contributed by atoms with Gasteiger partial charge in [-0.25, -0.2) is 4.79 Å². The van der Waals surface area contributed by atoms with Gasteiger partial charge in [0.25, 0.3) is 5.79 Å². The van der Waals surface area contributed by atoms with E-state index in [1.165, 1.54) is 0 Å². The molecule has 20 N–H and O–H groups in total. The van der Waals surface area contributed by atoms with E-state index in [1.54, 1.807) is 0 Å². The van der Waals surface area contributed by atoms with Crippen LogP contribution < -0.4 is 10.6 Å². The summed E-state index contributed by atoms with van der Waals surface area (Å²) in [6.45, 7) is -5.42. The number of carbonyl (C=O) groups is 3. The lowest BCUT2D eigenvalue weighted by Gasteiger charge is -2.50. The fourth-order valence-electron chi connectivity index (χ4n) is 8.58. The van der Waals surface area contributed by atoms with Crippen LogP contribution in [-0.4, -0.2) is 322 Å². The van der Waals surface area contributed by atoms with Crippen molar-refractivity contribution >= 4 is 18.3 Å². The van der Waals surface area contributed by atoms with Gasteiger partial charge in [0.05, 0.1) is 58.4 Å². The number of carboxylic acids is 1. The summed E-state index contributed by atoms with van der Waals surface area (Å²) in [7, 11) is 0. The van der Waals surface area contributed by atoms with Crippen molar-refractivity contribution in [2.45, 2.75) is 178 Å². The van der Waals surface area contributed by atoms with Gasteiger partial charge in [-0.3, -0.25) is 9.59 Å². The van der Waals surface area contributed by atoms with Crippen molar-refractivity contribution in [3.05, 3.63) is 0 Å². The molecule has 5 fully saturated rings. The number of hydrogen-bond donors (Lipinski definition) is 20. The summed E-state index contributed by atoms with van der Waals surface area (Å²) in [4.78, 5) is 36.4. The van der Waals surface area contributed by atoms with E-state index in [1.807, 2.05) is 0 Å². The van der Waals surface area contributed by atoms with E-state index in [-0.39, 0.29) is 6.41 Å². The Balaban J connectivity index is 1.44. The zero-order valence-corrected chi connectivity index (χ0v) is 38.1. The molecule has 5 aliphatic heterocycles. The zero-order chi connectivity index (χ0) is 53.5. The molecule has 33 nitrogen and oxygen atoms in total. The molecule has 418 valence electrons. The van der Waals surface area contributed by atoms with Gasteiger partial charge in [-0.2, -0.15) is 0 Å². The van der Waals surface area contributed by atoms with Crippen LogP contribution in [0.2, 0.25) is 0 Å². The second-order valence-electron chi connectivity index (χ2n) is 17.6. The monoisotopic (exact) mass is 1060 g/mol. The second kappa shape index (κ2) is 26.4. The number of amides is 2. The minimum Gasteiger partial charge on any atom is -0.477 e. The van der Waals surface area contributed by atoms with Gasteiger partial charge >= 0.3 is 5.97 Å². The van der Waals surface area contributed by atoms with Crippen molar-refractivity contribution in [2.75, 3.05) is 46.2 Å². The van der Waals surface area contributed by atoms with Crippen LogP contribution in [0, 0.1) is 0 Å². The minimum atomic E-state index is -3.07. The Kier molecular flexibility index (Phi) is 22.1. The summed E-state index contributed by atoms with van der Waals surface area (Å²) in [5.41, 5.74) is 0. The molecule has 0 bridgehead atoms. The van der Waals surface area contributed by atoms with Gasteiger partial charge in [-0.05, 0) is 0 Å². The first-order valence-corrected chi connectivity index (χ1v) is 22.5. The van der Waals surface area contributed by atoms with Crippen LogP contribution >= 0.6 is 0 Å². The van der Waals surface area contributed by atoms with E-state index < -0.39 is 230 Å². The maximum atomic E-state index is 12.8. The van der Waals surface area contributed by atoms with Gasteiger partial charge in [0.2, 0.25) is 12.3 Å². The Labute approximate surface area is 407 Å². The number of hydrogen-bond acceptors (Lipinski definition) is 30. The molecule has 5 heterocycles. The molecule has 0 spiro atoms. The first kappa shape index (κ1) is 60.2. The molecule has 0 aliphatic carbocycles. The number of aliphatic hydroxyl groups excluding tert-OH is 17. The summed E-state index contributed by atoms with van der Waals surface area (Å²) in [5.74, 6) is -6.01. The molecule has 0 aromatic carbocycles. The maximum Gasteiger partial charge on any atom is 0.364 e. The molecule has 0 saturated carbocycles. The van der Waals surface area contributed by atoms with E-state index in [2.05, 4.69) is 10.6 Å². The Bertz CT molecular complexity index is 1710. The zero-order valence-electron chi connectivity index (χ0n) is 38.1. The number of carbonyl (C=O) groups excluding carboxylic acids is 2. The van der Waals surface area contributed by atoms with E-state index in [0.29, 0.717) is 0 Å². The highest BCUT2D eigenvalue weighted by Gasteiger charge is 2.59. The van der Waals surface area contributed by atoms with Crippen molar-refractivity contribution in [3.8, 4) is 0 Å². The average molecular weight is 1060 g/mol. The van der Waals surface area contributed by atoms with Crippen LogP contribution in [0.25, 0.3) is 0 Å². The Morgan fingerprint density at radius 3 is 1.68 bits per heavy atom. The molecular formula is C39H66N2O31. The predicted octanol–water partition coefficient (Wildman–Crippen LogP) is -13.4. The largest absolute Gasteiger partial charge is 0.477 e. The van der Waals surface area contributed by atoms with Gasteiger partial charge in [0.15, 0.2) is 25.2 Å². The molecule has 0 radical (unpaired) electrons. The Morgan fingerprint density at radius 2 is 1.15 bits per heavy atom. The van der Waals surface area contributed by atoms with Crippen LogP contribution in [0.1, 0.15) is 13.3 Å². The van der Waals surface area contributed by atoms with Crippen LogP contribution in [0.4, 0.5) is 0 Å².